The SMILES string of the molecule is O=C(O)c1ccccn1.O=C(O)c1ccccn1.[Mo].[N]=O.[N]=O. The molecule has 0 atom stereocenters. The molecule has 120 valence electrons. The number of carboxylic acid groups (broad SMARTS) is 2. The Hall–Kier alpha value is -2.87. The number of nitroso groups, excluding NO2 is 2. The van der Waals surface area contributed by atoms with Crippen molar-refractivity contribution in [2.75, 3.05) is 0 Å². The minimum absolute atomic E-state index is 0. The van der Waals surface area contributed by atoms with E-state index in [1.54, 1.807) is 24.3 Å². The molecular weight excluding hydrogens is 392 g/mol. The van der Waals surface area contributed by atoms with Crippen molar-refractivity contribution in [3.8, 4) is 0 Å². The number of carboxylic acids is 2. The third-order valence-corrected chi connectivity index (χ3v) is 1.77. The van der Waals surface area contributed by atoms with Gasteiger partial charge in [0.15, 0.2) is 0 Å². The predicted molar refractivity (Wildman–Crippen MR) is 73.4 cm³/mol. The summed E-state index contributed by atoms with van der Waals surface area (Å²) in [5.41, 5.74) is 11.7. The van der Waals surface area contributed by atoms with E-state index >= 15 is 0 Å². The van der Waals surface area contributed by atoms with E-state index < -0.39 is 11.9 Å². The average molecular weight is 402 g/mol. The summed E-state index contributed by atoms with van der Waals surface area (Å²) < 4.78 is 0. The Kier molecular flexibility index (Phi) is 18.8. The first-order chi connectivity index (χ1) is 10.6. The predicted octanol–water partition coefficient (Wildman–Crippen LogP) is 0.663. The molecule has 2 N–H and O–H groups in total. The van der Waals surface area contributed by atoms with Crippen molar-refractivity contribution >= 4 is 11.9 Å². The average Bonchev–Trinajstić information content (AvgIpc) is 2.60. The van der Waals surface area contributed by atoms with Crippen molar-refractivity contribution in [1.82, 2.24) is 21.2 Å². The maximum atomic E-state index is 10.1. The molecule has 0 bridgehead atoms. The zero-order valence-electron chi connectivity index (χ0n) is 11.3. The van der Waals surface area contributed by atoms with E-state index in [1.807, 2.05) is 0 Å². The Morgan fingerprint density at radius 3 is 1.17 bits per heavy atom. The van der Waals surface area contributed by atoms with Gasteiger partial charge in [-0.05, 0) is 24.3 Å². The van der Waals surface area contributed by atoms with Crippen LogP contribution in [-0.2, 0) is 21.1 Å². The van der Waals surface area contributed by atoms with Crippen molar-refractivity contribution in [3.05, 3.63) is 70.0 Å². The summed E-state index contributed by atoms with van der Waals surface area (Å²) in [6.07, 6.45) is 2.90. The first-order valence-electron chi connectivity index (χ1n) is 5.26. The van der Waals surface area contributed by atoms with Gasteiger partial charge in [0.1, 0.15) is 22.6 Å². The minimum atomic E-state index is -0.990. The molecule has 0 spiro atoms. The largest absolute Gasteiger partial charge is 0.477 e. The molecule has 0 aliphatic carbocycles. The summed E-state index contributed by atoms with van der Waals surface area (Å²) in [6.45, 7) is 0. The molecule has 2 rings (SSSR count). The van der Waals surface area contributed by atoms with Gasteiger partial charge in [0.05, 0.1) is 0 Å². The Labute approximate surface area is 144 Å². The normalized spacial score (nSPS) is 7.30. The van der Waals surface area contributed by atoms with Crippen LogP contribution in [-0.4, -0.2) is 32.1 Å². The molecule has 0 aliphatic rings. The molecule has 2 aromatic rings. The van der Waals surface area contributed by atoms with Crippen LogP contribution in [0, 0.1) is 9.81 Å². The minimum Gasteiger partial charge on any atom is -0.477 e. The Bertz CT molecular complexity index is 506. The van der Waals surface area contributed by atoms with Crippen molar-refractivity contribution < 1.29 is 40.9 Å². The van der Waals surface area contributed by atoms with Crippen LogP contribution in [0.1, 0.15) is 21.0 Å². The second-order valence-corrected chi connectivity index (χ2v) is 3.04. The van der Waals surface area contributed by atoms with E-state index in [-0.39, 0.29) is 32.5 Å². The van der Waals surface area contributed by atoms with Crippen LogP contribution in [0.15, 0.2) is 48.8 Å². The molecule has 2 heterocycles. The Morgan fingerprint density at radius 2 is 1.04 bits per heavy atom. The standard InChI is InChI=1S/2C6H5NO2.Mo.2NO/c2*8-6(9)5-3-1-2-4-7-5;;2*1-2/h2*1-4H,(H,8,9);;;. The van der Waals surface area contributed by atoms with Crippen LogP contribution < -0.4 is 11.2 Å². The van der Waals surface area contributed by atoms with Crippen molar-refractivity contribution in [1.29, 1.82) is 0 Å². The molecule has 0 saturated heterocycles. The Balaban J connectivity index is -0.000000276. The number of pyridine rings is 2. The van der Waals surface area contributed by atoms with Gasteiger partial charge < -0.3 is 10.2 Å². The first kappa shape index (κ1) is 25.1. The second kappa shape index (κ2) is 17.2. The van der Waals surface area contributed by atoms with Crippen molar-refractivity contribution in [3.63, 3.8) is 0 Å². The van der Waals surface area contributed by atoms with Gasteiger partial charge in [0.25, 0.3) is 0 Å². The van der Waals surface area contributed by atoms with E-state index in [0.717, 1.165) is 0 Å². The van der Waals surface area contributed by atoms with Gasteiger partial charge in [-0.2, -0.15) is 0 Å². The van der Waals surface area contributed by atoms with Gasteiger partial charge in [-0.25, -0.2) is 19.6 Å². The van der Waals surface area contributed by atoms with Gasteiger partial charge >= 0.3 is 11.9 Å². The molecular formula is C12H10MoN4O6. The summed E-state index contributed by atoms with van der Waals surface area (Å²) in [5, 5.41) is 16.6. The summed E-state index contributed by atoms with van der Waals surface area (Å²) in [5.74, 6) is -1.98. The molecule has 0 unspecified atom stereocenters. The Morgan fingerprint density at radius 1 is 0.739 bits per heavy atom. The fourth-order valence-electron chi connectivity index (χ4n) is 0.979. The van der Waals surface area contributed by atoms with Crippen LogP contribution >= 0.6 is 0 Å². The summed E-state index contributed by atoms with van der Waals surface area (Å²) in [6, 6.07) is 9.51. The van der Waals surface area contributed by atoms with Crippen LogP contribution in [0.4, 0.5) is 0 Å². The zero-order chi connectivity index (χ0) is 17.4. The number of nitrogens with zero attached hydrogens (tertiary/aromatic N) is 4. The number of aromatic nitrogens is 2. The maximum Gasteiger partial charge on any atom is 0.354 e. The molecule has 23 heavy (non-hydrogen) atoms. The molecule has 10 nitrogen and oxygen atoms in total. The van der Waals surface area contributed by atoms with Crippen molar-refractivity contribution in [2.24, 2.45) is 0 Å². The van der Waals surface area contributed by atoms with E-state index in [0.29, 0.717) is 0 Å². The second-order valence-electron chi connectivity index (χ2n) is 3.04. The number of carbonyl (C=O) groups is 2. The summed E-state index contributed by atoms with van der Waals surface area (Å²) >= 11 is 0. The van der Waals surface area contributed by atoms with Crippen LogP contribution in [0.25, 0.3) is 0 Å². The van der Waals surface area contributed by atoms with E-state index in [9.17, 15) is 9.59 Å². The molecule has 0 aliphatic heterocycles. The molecule has 0 aromatic carbocycles. The summed E-state index contributed by atoms with van der Waals surface area (Å²) in [7, 11) is 0. The monoisotopic (exact) mass is 404 g/mol. The van der Waals surface area contributed by atoms with E-state index in [4.69, 9.17) is 31.2 Å². The fourth-order valence-corrected chi connectivity index (χ4v) is 0.979. The van der Waals surface area contributed by atoms with Gasteiger partial charge in [0, 0.05) is 33.5 Å². The van der Waals surface area contributed by atoms with Crippen LogP contribution in [0.2, 0.25) is 0 Å². The van der Waals surface area contributed by atoms with E-state index in [2.05, 4.69) is 9.97 Å². The van der Waals surface area contributed by atoms with Gasteiger partial charge in [0.2, 0.25) is 0 Å². The van der Waals surface area contributed by atoms with Gasteiger partial charge in [-0.3, -0.25) is 0 Å². The third-order valence-electron chi connectivity index (χ3n) is 1.77. The fraction of sp³-hybridized carbons (Fsp3) is 0. The first-order valence-corrected chi connectivity index (χ1v) is 5.26. The molecule has 0 saturated carbocycles. The molecule has 2 radical (unpaired) electrons. The number of hydrogen-bond acceptors (Lipinski definition) is 6. The quantitative estimate of drug-likeness (QED) is 0.688. The molecule has 0 amide bonds. The number of aromatic carboxylic acids is 2. The van der Waals surface area contributed by atoms with Crippen molar-refractivity contribution in [2.45, 2.75) is 0 Å². The zero-order valence-corrected chi connectivity index (χ0v) is 13.4. The van der Waals surface area contributed by atoms with Crippen LogP contribution in [0.3, 0.4) is 0 Å². The topological polar surface area (TPSA) is 179 Å². The summed E-state index contributed by atoms with van der Waals surface area (Å²) in [4.78, 5) is 41.9. The number of rotatable bonds is 2. The smallest absolute Gasteiger partial charge is 0.354 e. The van der Waals surface area contributed by atoms with Gasteiger partial charge in [-0.1, -0.05) is 12.1 Å². The molecule has 0 fully saturated rings. The maximum absolute atomic E-state index is 10.1. The number of hydrogen-bond donors (Lipinski definition) is 2. The van der Waals surface area contributed by atoms with E-state index in [1.165, 1.54) is 24.5 Å². The molecule has 2 aromatic heterocycles. The molecule has 11 heteroatoms. The third kappa shape index (κ3) is 12.6. The van der Waals surface area contributed by atoms with Crippen LogP contribution in [0.5, 0.6) is 0 Å². The van der Waals surface area contributed by atoms with Gasteiger partial charge in [-0.15, -0.1) is 9.81 Å².